The smallest absolute Gasteiger partial charge is 0.265 e. The number of hydrogen-bond donors (Lipinski definition) is 1. The lowest BCUT2D eigenvalue weighted by Crippen LogP contribution is -2.46. The third-order valence-corrected chi connectivity index (χ3v) is 4.43. The molecule has 0 bridgehead atoms. The lowest BCUT2D eigenvalue weighted by molar-refractivity contribution is -0.124. The number of para-hydroxylation sites is 1. The van der Waals surface area contributed by atoms with Crippen molar-refractivity contribution in [1.82, 2.24) is 0 Å². The van der Waals surface area contributed by atoms with Crippen molar-refractivity contribution >= 4 is 23.2 Å². The Morgan fingerprint density at radius 3 is 2.65 bits per heavy atom. The van der Waals surface area contributed by atoms with Crippen LogP contribution in [0.2, 0.25) is 0 Å². The largest absolute Gasteiger partial charge is 0.482 e. The van der Waals surface area contributed by atoms with Crippen LogP contribution >= 0.6 is 0 Å². The minimum Gasteiger partial charge on any atom is -0.482 e. The van der Waals surface area contributed by atoms with Gasteiger partial charge in [0.05, 0.1) is 5.69 Å². The van der Waals surface area contributed by atoms with Gasteiger partial charge in [-0.05, 0) is 43.7 Å². The fraction of sp³-hybridized carbons (Fsp3) is 0.300. The summed E-state index contributed by atoms with van der Waals surface area (Å²) in [4.78, 5) is 28.5. The van der Waals surface area contributed by atoms with Gasteiger partial charge in [0.15, 0.2) is 6.61 Å². The Balaban J connectivity index is 1.88. The van der Waals surface area contributed by atoms with Crippen molar-refractivity contribution in [2.45, 2.75) is 19.9 Å². The van der Waals surface area contributed by atoms with Crippen molar-refractivity contribution in [3.8, 4) is 5.75 Å². The zero-order valence-corrected chi connectivity index (χ0v) is 15.0. The van der Waals surface area contributed by atoms with Crippen LogP contribution in [0.3, 0.4) is 0 Å². The first kappa shape index (κ1) is 17.9. The van der Waals surface area contributed by atoms with Gasteiger partial charge in [0.25, 0.3) is 5.91 Å². The number of hydrogen-bond acceptors (Lipinski definition) is 4. The van der Waals surface area contributed by atoms with Gasteiger partial charge in [0, 0.05) is 18.3 Å². The topological polar surface area (TPSA) is 75.9 Å². The van der Waals surface area contributed by atoms with Gasteiger partial charge in [-0.15, -0.1) is 0 Å². The molecule has 26 heavy (non-hydrogen) atoms. The lowest BCUT2D eigenvalue weighted by atomic mass is 10.1. The van der Waals surface area contributed by atoms with Crippen molar-refractivity contribution in [3.05, 3.63) is 54.1 Å². The molecular weight excluding hydrogens is 330 g/mol. The number of fused-ring (bicyclic) bond motifs is 1. The van der Waals surface area contributed by atoms with Crippen LogP contribution < -0.4 is 20.3 Å². The minimum atomic E-state index is -0.239. The van der Waals surface area contributed by atoms with E-state index in [0.29, 0.717) is 18.0 Å². The summed E-state index contributed by atoms with van der Waals surface area (Å²) in [6.45, 7) is 4.19. The summed E-state index contributed by atoms with van der Waals surface area (Å²) < 4.78 is 5.50. The highest BCUT2D eigenvalue weighted by atomic mass is 16.5. The molecule has 0 saturated carbocycles. The van der Waals surface area contributed by atoms with E-state index < -0.39 is 0 Å². The number of benzene rings is 2. The minimum absolute atomic E-state index is 0.0413. The first-order valence-electron chi connectivity index (χ1n) is 8.69. The van der Waals surface area contributed by atoms with Crippen molar-refractivity contribution in [2.75, 3.05) is 29.5 Å². The molecule has 1 aliphatic rings. The number of nitrogens with zero attached hydrogens (tertiary/aromatic N) is 2. The average Bonchev–Trinajstić information content (AvgIpc) is 2.65. The highest BCUT2D eigenvalue weighted by molar-refractivity contribution is 6.05. The second-order valence-electron chi connectivity index (χ2n) is 6.26. The molecule has 2 aromatic carbocycles. The fourth-order valence-corrected chi connectivity index (χ4v) is 3.01. The van der Waals surface area contributed by atoms with E-state index in [4.69, 9.17) is 10.5 Å². The third-order valence-electron chi connectivity index (χ3n) is 4.43. The number of amides is 2. The molecule has 1 unspecified atom stereocenters. The van der Waals surface area contributed by atoms with E-state index in [0.717, 1.165) is 11.3 Å². The highest BCUT2D eigenvalue weighted by Gasteiger charge is 2.29. The maximum absolute atomic E-state index is 12.9. The summed E-state index contributed by atoms with van der Waals surface area (Å²) in [6.07, 6.45) is 0. The van der Waals surface area contributed by atoms with Crippen LogP contribution in [0.1, 0.15) is 25.5 Å². The molecule has 2 aromatic rings. The molecule has 6 nitrogen and oxygen atoms in total. The maximum Gasteiger partial charge on any atom is 0.265 e. The zero-order valence-electron chi connectivity index (χ0n) is 15.0. The molecule has 6 heteroatoms. The summed E-state index contributed by atoms with van der Waals surface area (Å²) in [7, 11) is 0. The predicted octanol–water partition coefficient (Wildman–Crippen LogP) is 2.48. The van der Waals surface area contributed by atoms with E-state index in [1.807, 2.05) is 56.3 Å². The first-order chi connectivity index (χ1) is 12.5. The fourth-order valence-electron chi connectivity index (χ4n) is 3.01. The zero-order chi connectivity index (χ0) is 18.7. The van der Waals surface area contributed by atoms with Crippen molar-refractivity contribution < 1.29 is 14.3 Å². The van der Waals surface area contributed by atoms with Crippen LogP contribution in [0.25, 0.3) is 0 Å². The molecule has 136 valence electrons. The molecule has 3 rings (SSSR count). The number of rotatable bonds is 5. The second kappa shape index (κ2) is 7.58. The third kappa shape index (κ3) is 3.55. The maximum atomic E-state index is 12.9. The number of carbonyl (C=O) groups excluding carboxylic acids is 2. The van der Waals surface area contributed by atoms with Crippen LogP contribution in [-0.2, 0) is 9.59 Å². The Morgan fingerprint density at radius 2 is 2.00 bits per heavy atom. The van der Waals surface area contributed by atoms with Gasteiger partial charge in [0.1, 0.15) is 12.3 Å². The Morgan fingerprint density at radius 1 is 1.27 bits per heavy atom. The van der Waals surface area contributed by atoms with Gasteiger partial charge < -0.3 is 15.4 Å². The summed E-state index contributed by atoms with van der Waals surface area (Å²) in [6, 6.07) is 14.8. The number of ether oxygens (including phenoxy) is 1. The number of nitrogens with two attached hydrogens (primary N) is 1. The molecule has 1 aliphatic heterocycles. The Kier molecular flexibility index (Phi) is 5.23. The molecule has 0 spiro atoms. The van der Waals surface area contributed by atoms with Crippen molar-refractivity contribution in [3.63, 3.8) is 0 Å². The SMILES string of the molecule is CCN(C(=O)CN1C(=O)COc2ccc(C(C)N)cc21)c1ccccc1. The summed E-state index contributed by atoms with van der Waals surface area (Å²) in [5, 5.41) is 0. The molecule has 0 fully saturated rings. The molecular formula is C20H23N3O3. The predicted molar refractivity (Wildman–Crippen MR) is 101 cm³/mol. The molecule has 0 aliphatic carbocycles. The van der Waals surface area contributed by atoms with Crippen LogP contribution in [0.15, 0.2) is 48.5 Å². The lowest BCUT2D eigenvalue weighted by Gasteiger charge is -2.31. The van der Waals surface area contributed by atoms with Crippen LogP contribution in [-0.4, -0.2) is 31.5 Å². The Hall–Kier alpha value is -2.86. The molecule has 0 radical (unpaired) electrons. The molecule has 2 N–H and O–H groups in total. The van der Waals surface area contributed by atoms with Crippen LogP contribution in [0, 0.1) is 0 Å². The molecule has 0 saturated heterocycles. The van der Waals surface area contributed by atoms with Gasteiger partial charge in [-0.3, -0.25) is 14.5 Å². The van der Waals surface area contributed by atoms with Gasteiger partial charge in [0.2, 0.25) is 5.91 Å². The Bertz CT molecular complexity index is 805. The Labute approximate surface area is 153 Å². The number of likely N-dealkylation sites (N-methyl/N-ethyl adjacent to an activating group) is 1. The van der Waals surface area contributed by atoms with Gasteiger partial charge in [-0.2, -0.15) is 0 Å². The van der Waals surface area contributed by atoms with Gasteiger partial charge >= 0.3 is 0 Å². The summed E-state index contributed by atoms with van der Waals surface area (Å²) >= 11 is 0. The number of anilines is 2. The van der Waals surface area contributed by atoms with Crippen LogP contribution in [0.4, 0.5) is 11.4 Å². The summed E-state index contributed by atoms with van der Waals surface area (Å²) in [5.41, 5.74) is 8.24. The van der Waals surface area contributed by atoms with Crippen LogP contribution in [0.5, 0.6) is 5.75 Å². The van der Waals surface area contributed by atoms with E-state index in [1.54, 1.807) is 11.0 Å². The standard InChI is InChI=1S/C20H23N3O3/c1-3-22(16-7-5-4-6-8-16)19(24)12-23-17-11-15(14(2)21)9-10-18(17)26-13-20(23)25/h4-11,14H,3,12-13,21H2,1-2H3. The van der Waals surface area contributed by atoms with E-state index in [2.05, 4.69) is 0 Å². The quantitative estimate of drug-likeness (QED) is 0.896. The van der Waals surface area contributed by atoms with Crippen molar-refractivity contribution in [1.29, 1.82) is 0 Å². The normalized spacial score (nSPS) is 14.4. The summed E-state index contributed by atoms with van der Waals surface area (Å²) in [5.74, 6) is 0.201. The van der Waals surface area contributed by atoms with E-state index in [1.165, 1.54) is 4.90 Å². The molecule has 2 amide bonds. The van der Waals surface area contributed by atoms with E-state index in [9.17, 15) is 9.59 Å². The van der Waals surface area contributed by atoms with E-state index >= 15 is 0 Å². The van der Waals surface area contributed by atoms with Gasteiger partial charge in [-0.25, -0.2) is 0 Å². The monoisotopic (exact) mass is 353 g/mol. The second-order valence-corrected chi connectivity index (χ2v) is 6.26. The van der Waals surface area contributed by atoms with Gasteiger partial charge in [-0.1, -0.05) is 24.3 Å². The molecule has 0 aromatic heterocycles. The number of carbonyl (C=O) groups is 2. The molecule has 1 heterocycles. The van der Waals surface area contributed by atoms with E-state index in [-0.39, 0.29) is 31.0 Å². The average molecular weight is 353 g/mol. The first-order valence-corrected chi connectivity index (χ1v) is 8.69. The van der Waals surface area contributed by atoms with Crippen molar-refractivity contribution in [2.24, 2.45) is 5.73 Å². The molecule has 1 atom stereocenters. The highest BCUT2D eigenvalue weighted by Crippen LogP contribution is 2.34.